The Hall–Kier alpha value is -2.76. The summed E-state index contributed by atoms with van der Waals surface area (Å²) in [5.41, 5.74) is 1.97. The number of rotatable bonds is 6. The summed E-state index contributed by atoms with van der Waals surface area (Å²) in [6, 6.07) is 10.8. The summed E-state index contributed by atoms with van der Waals surface area (Å²) in [5, 5.41) is 2.65. The van der Waals surface area contributed by atoms with E-state index in [1.54, 1.807) is 0 Å². The number of halogens is 2. The van der Waals surface area contributed by atoms with E-state index in [-0.39, 0.29) is 23.9 Å². The summed E-state index contributed by atoms with van der Waals surface area (Å²) in [6.45, 7) is 3.34. The van der Waals surface area contributed by atoms with E-state index in [1.165, 1.54) is 0 Å². The molecule has 1 fully saturated rings. The van der Waals surface area contributed by atoms with Crippen LogP contribution in [0.25, 0.3) is 0 Å². The average molecular weight is 400 g/mol. The van der Waals surface area contributed by atoms with Gasteiger partial charge in [0.1, 0.15) is 11.6 Å². The predicted octanol–water partition coefficient (Wildman–Crippen LogP) is 4.22. The van der Waals surface area contributed by atoms with Crippen molar-refractivity contribution < 1.29 is 18.4 Å². The first-order valence-corrected chi connectivity index (χ1v) is 9.99. The standard InChI is InChI=1S/C23H26F2N2O2/c1-16-2-5-18(6-3-16)23(29)27-12-10-17(11-13-27)4-9-22(28)26-15-19-14-20(24)7-8-21(19)25/h2-3,5-8,14,17H,4,9-13,15H2,1H3,(H,26,28). The molecule has 0 bridgehead atoms. The molecule has 2 amide bonds. The van der Waals surface area contributed by atoms with Crippen molar-refractivity contribution in [2.75, 3.05) is 13.1 Å². The van der Waals surface area contributed by atoms with E-state index in [4.69, 9.17) is 0 Å². The van der Waals surface area contributed by atoms with E-state index in [9.17, 15) is 18.4 Å². The Kier molecular flexibility index (Phi) is 6.96. The Morgan fingerprint density at radius 2 is 1.76 bits per heavy atom. The Labute approximate surface area is 169 Å². The van der Waals surface area contributed by atoms with Crippen molar-refractivity contribution in [1.29, 1.82) is 0 Å². The fourth-order valence-corrected chi connectivity index (χ4v) is 3.60. The van der Waals surface area contributed by atoms with Crippen molar-refractivity contribution in [2.45, 2.75) is 39.2 Å². The summed E-state index contributed by atoms with van der Waals surface area (Å²) >= 11 is 0. The molecule has 1 heterocycles. The van der Waals surface area contributed by atoms with Crippen LogP contribution in [0.5, 0.6) is 0 Å². The molecule has 29 heavy (non-hydrogen) atoms. The first-order chi connectivity index (χ1) is 13.9. The smallest absolute Gasteiger partial charge is 0.253 e. The number of nitrogens with one attached hydrogen (secondary N) is 1. The molecule has 1 N–H and O–H groups in total. The van der Waals surface area contributed by atoms with Gasteiger partial charge in [-0.05, 0) is 62.4 Å². The highest BCUT2D eigenvalue weighted by Crippen LogP contribution is 2.23. The lowest BCUT2D eigenvalue weighted by atomic mass is 9.91. The zero-order chi connectivity index (χ0) is 20.8. The predicted molar refractivity (Wildman–Crippen MR) is 107 cm³/mol. The lowest BCUT2D eigenvalue weighted by molar-refractivity contribution is -0.121. The maximum atomic E-state index is 13.6. The molecule has 0 unspecified atom stereocenters. The highest BCUT2D eigenvalue weighted by molar-refractivity contribution is 5.94. The quantitative estimate of drug-likeness (QED) is 0.789. The Morgan fingerprint density at radius 3 is 2.45 bits per heavy atom. The molecule has 0 spiro atoms. The van der Waals surface area contributed by atoms with Gasteiger partial charge in [-0.15, -0.1) is 0 Å². The van der Waals surface area contributed by atoms with E-state index >= 15 is 0 Å². The molecule has 0 saturated carbocycles. The second kappa shape index (κ2) is 9.63. The fraction of sp³-hybridized carbons (Fsp3) is 0.391. The fourth-order valence-electron chi connectivity index (χ4n) is 3.60. The van der Waals surface area contributed by atoms with Crippen molar-refractivity contribution >= 4 is 11.8 Å². The number of carbonyl (C=O) groups is 2. The van der Waals surface area contributed by atoms with Crippen molar-refractivity contribution in [3.05, 3.63) is 70.8 Å². The molecule has 0 aliphatic carbocycles. The third-order valence-electron chi connectivity index (χ3n) is 5.46. The maximum absolute atomic E-state index is 13.6. The zero-order valence-corrected chi connectivity index (χ0v) is 16.6. The van der Waals surface area contributed by atoms with Crippen LogP contribution in [0, 0.1) is 24.5 Å². The van der Waals surface area contributed by atoms with Crippen LogP contribution < -0.4 is 5.32 Å². The second-order valence-corrected chi connectivity index (χ2v) is 7.65. The van der Waals surface area contributed by atoms with Gasteiger partial charge < -0.3 is 10.2 Å². The van der Waals surface area contributed by atoms with Gasteiger partial charge >= 0.3 is 0 Å². The lowest BCUT2D eigenvalue weighted by Crippen LogP contribution is -2.38. The molecular formula is C23H26F2N2O2. The van der Waals surface area contributed by atoms with Crippen LogP contribution in [-0.4, -0.2) is 29.8 Å². The number of carbonyl (C=O) groups excluding carboxylic acids is 2. The van der Waals surface area contributed by atoms with Crippen LogP contribution in [-0.2, 0) is 11.3 Å². The second-order valence-electron chi connectivity index (χ2n) is 7.65. The number of amides is 2. The Bertz CT molecular complexity index is 860. The molecule has 1 aliphatic rings. The maximum Gasteiger partial charge on any atom is 0.253 e. The summed E-state index contributed by atoms with van der Waals surface area (Å²) < 4.78 is 26.8. The molecule has 2 aromatic rings. The lowest BCUT2D eigenvalue weighted by Gasteiger charge is -2.32. The molecule has 1 aliphatic heterocycles. The van der Waals surface area contributed by atoms with Crippen LogP contribution in [0.3, 0.4) is 0 Å². The van der Waals surface area contributed by atoms with Gasteiger partial charge in [0.2, 0.25) is 5.91 Å². The highest BCUT2D eigenvalue weighted by Gasteiger charge is 2.24. The van der Waals surface area contributed by atoms with E-state index < -0.39 is 11.6 Å². The molecule has 1 saturated heterocycles. The van der Waals surface area contributed by atoms with Gasteiger partial charge in [0.15, 0.2) is 0 Å². The summed E-state index contributed by atoms with van der Waals surface area (Å²) in [7, 11) is 0. The van der Waals surface area contributed by atoms with Crippen molar-refractivity contribution in [1.82, 2.24) is 10.2 Å². The van der Waals surface area contributed by atoms with Gasteiger partial charge in [-0.3, -0.25) is 9.59 Å². The van der Waals surface area contributed by atoms with E-state index in [0.717, 1.165) is 43.0 Å². The first kappa shape index (κ1) is 21.0. The molecule has 6 heteroatoms. The molecule has 4 nitrogen and oxygen atoms in total. The number of aryl methyl sites for hydroxylation is 1. The molecule has 2 aromatic carbocycles. The van der Waals surface area contributed by atoms with Crippen LogP contribution in [0.2, 0.25) is 0 Å². The summed E-state index contributed by atoms with van der Waals surface area (Å²) in [5.74, 6) is -0.793. The number of piperidine rings is 1. The highest BCUT2D eigenvalue weighted by atomic mass is 19.1. The van der Waals surface area contributed by atoms with Crippen LogP contribution in [0.1, 0.15) is 47.2 Å². The molecule has 0 radical (unpaired) electrons. The van der Waals surface area contributed by atoms with Crippen molar-refractivity contribution in [3.63, 3.8) is 0 Å². The van der Waals surface area contributed by atoms with Crippen molar-refractivity contribution in [3.8, 4) is 0 Å². The van der Waals surface area contributed by atoms with Gasteiger partial charge in [-0.25, -0.2) is 8.78 Å². The number of benzene rings is 2. The van der Waals surface area contributed by atoms with Gasteiger partial charge in [0.05, 0.1) is 0 Å². The molecule has 0 atom stereocenters. The minimum absolute atomic E-state index is 0.0219. The Morgan fingerprint density at radius 1 is 1.07 bits per heavy atom. The molecule has 154 valence electrons. The van der Waals surface area contributed by atoms with Gasteiger partial charge in [-0.1, -0.05) is 17.7 Å². The first-order valence-electron chi connectivity index (χ1n) is 9.99. The van der Waals surface area contributed by atoms with E-state index in [0.29, 0.717) is 31.0 Å². The molecule has 0 aromatic heterocycles. The van der Waals surface area contributed by atoms with E-state index in [1.807, 2.05) is 36.1 Å². The monoisotopic (exact) mass is 400 g/mol. The van der Waals surface area contributed by atoms with E-state index in [2.05, 4.69) is 5.32 Å². The van der Waals surface area contributed by atoms with Crippen molar-refractivity contribution in [2.24, 2.45) is 5.92 Å². The molecular weight excluding hydrogens is 374 g/mol. The van der Waals surface area contributed by atoms with Gasteiger partial charge in [0.25, 0.3) is 5.91 Å². The SMILES string of the molecule is Cc1ccc(C(=O)N2CCC(CCC(=O)NCc3cc(F)ccc3F)CC2)cc1. The van der Waals surface area contributed by atoms with Crippen LogP contribution >= 0.6 is 0 Å². The Balaban J connectivity index is 1.39. The van der Waals surface area contributed by atoms with Gasteiger partial charge in [0, 0.05) is 37.2 Å². The number of hydrogen-bond acceptors (Lipinski definition) is 2. The van der Waals surface area contributed by atoms with Crippen LogP contribution in [0.4, 0.5) is 8.78 Å². The van der Waals surface area contributed by atoms with Crippen LogP contribution in [0.15, 0.2) is 42.5 Å². The summed E-state index contributed by atoms with van der Waals surface area (Å²) in [6.07, 6.45) is 2.80. The average Bonchev–Trinajstić information content (AvgIpc) is 2.73. The minimum Gasteiger partial charge on any atom is -0.352 e. The number of likely N-dealkylation sites (tertiary alicyclic amines) is 1. The zero-order valence-electron chi connectivity index (χ0n) is 16.6. The minimum atomic E-state index is -0.530. The number of hydrogen-bond donors (Lipinski definition) is 1. The third kappa shape index (κ3) is 5.86. The molecule has 3 rings (SSSR count). The summed E-state index contributed by atoms with van der Waals surface area (Å²) in [4.78, 5) is 26.5. The normalized spacial score (nSPS) is 14.7. The number of nitrogens with zero attached hydrogens (tertiary/aromatic N) is 1. The largest absolute Gasteiger partial charge is 0.352 e. The third-order valence-corrected chi connectivity index (χ3v) is 5.46. The topological polar surface area (TPSA) is 49.4 Å². The van der Waals surface area contributed by atoms with Gasteiger partial charge in [-0.2, -0.15) is 0 Å².